The lowest BCUT2D eigenvalue weighted by Crippen LogP contribution is -2.35. The van der Waals surface area contributed by atoms with Crippen molar-refractivity contribution >= 4 is 22.4 Å². The Morgan fingerprint density at radius 1 is 1.19 bits per heavy atom. The van der Waals surface area contributed by atoms with Crippen LogP contribution in [0.1, 0.15) is 33.1 Å². The van der Waals surface area contributed by atoms with E-state index in [1.165, 1.54) is 23.5 Å². The molecule has 3 rings (SSSR count). The molecule has 2 aromatic rings. The van der Waals surface area contributed by atoms with Gasteiger partial charge in [-0.15, -0.1) is 11.3 Å². The molecule has 4 nitrogen and oxygen atoms in total. The van der Waals surface area contributed by atoms with Crippen LogP contribution in [0, 0.1) is 11.7 Å². The third-order valence-corrected chi connectivity index (χ3v) is 5.67. The van der Waals surface area contributed by atoms with Gasteiger partial charge in [0.15, 0.2) is 5.13 Å². The maximum atomic E-state index is 13.1. The van der Waals surface area contributed by atoms with Gasteiger partial charge in [0.05, 0.1) is 5.69 Å². The van der Waals surface area contributed by atoms with E-state index in [9.17, 15) is 9.18 Å². The van der Waals surface area contributed by atoms with Crippen LogP contribution < -0.4 is 4.90 Å². The van der Waals surface area contributed by atoms with Crippen LogP contribution in [0.4, 0.5) is 9.52 Å². The summed E-state index contributed by atoms with van der Waals surface area (Å²) in [6, 6.07) is 6.32. The van der Waals surface area contributed by atoms with E-state index in [1.54, 1.807) is 12.1 Å². The fourth-order valence-corrected chi connectivity index (χ4v) is 3.85. The Kier molecular flexibility index (Phi) is 6.38. The topological polar surface area (TPSA) is 36.4 Å². The molecule has 6 heteroatoms. The molecule has 140 valence electrons. The number of rotatable bonds is 9. The van der Waals surface area contributed by atoms with Crippen molar-refractivity contribution in [2.24, 2.45) is 5.92 Å². The monoisotopic (exact) mass is 375 g/mol. The van der Waals surface area contributed by atoms with Gasteiger partial charge in [0, 0.05) is 23.4 Å². The summed E-state index contributed by atoms with van der Waals surface area (Å²) in [7, 11) is 0. The molecule has 1 aromatic heterocycles. The Bertz CT molecular complexity index is 723. The molecule has 0 bridgehead atoms. The highest BCUT2D eigenvalue weighted by Gasteiger charge is 2.35. The van der Waals surface area contributed by atoms with Gasteiger partial charge < -0.3 is 4.90 Å². The molecule has 1 fully saturated rings. The van der Waals surface area contributed by atoms with Crippen molar-refractivity contribution in [3.63, 3.8) is 0 Å². The number of amides is 1. The van der Waals surface area contributed by atoms with Gasteiger partial charge in [-0.1, -0.05) is 13.8 Å². The zero-order valence-electron chi connectivity index (χ0n) is 15.4. The highest BCUT2D eigenvalue weighted by Crippen LogP contribution is 2.35. The SMILES string of the molecule is CCN(CC)CCCN(C(=O)C1CC1)c1nc(-c2ccc(F)cc2)cs1. The van der Waals surface area contributed by atoms with E-state index in [0.717, 1.165) is 55.3 Å². The van der Waals surface area contributed by atoms with Crippen LogP contribution in [-0.2, 0) is 4.79 Å². The van der Waals surface area contributed by atoms with Crippen molar-refractivity contribution in [3.05, 3.63) is 35.5 Å². The first-order valence-corrected chi connectivity index (χ1v) is 10.3. The fraction of sp³-hybridized carbons (Fsp3) is 0.500. The van der Waals surface area contributed by atoms with E-state index in [1.807, 2.05) is 10.3 Å². The summed E-state index contributed by atoms with van der Waals surface area (Å²) in [6.45, 7) is 8.05. The normalized spacial score (nSPS) is 14.0. The van der Waals surface area contributed by atoms with E-state index in [-0.39, 0.29) is 17.6 Å². The Morgan fingerprint density at radius 3 is 2.50 bits per heavy atom. The first-order valence-electron chi connectivity index (χ1n) is 9.37. The predicted octanol–water partition coefficient (Wildman–Crippen LogP) is 4.42. The summed E-state index contributed by atoms with van der Waals surface area (Å²) >= 11 is 1.49. The number of thiazole rings is 1. The highest BCUT2D eigenvalue weighted by molar-refractivity contribution is 7.14. The second kappa shape index (κ2) is 8.73. The minimum Gasteiger partial charge on any atom is -0.304 e. The van der Waals surface area contributed by atoms with Crippen molar-refractivity contribution in [3.8, 4) is 11.3 Å². The van der Waals surface area contributed by atoms with Crippen molar-refractivity contribution in [2.45, 2.75) is 33.1 Å². The molecule has 1 saturated carbocycles. The summed E-state index contributed by atoms with van der Waals surface area (Å²) < 4.78 is 13.1. The Hall–Kier alpha value is -1.79. The average molecular weight is 376 g/mol. The van der Waals surface area contributed by atoms with Crippen molar-refractivity contribution < 1.29 is 9.18 Å². The standard InChI is InChI=1S/C20H26FN3OS/c1-3-23(4-2)12-5-13-24(19(25)16-6-7-16)20-22-18(14-26-20)15-8-10-17(21)11-9-15/h8-11,14,16H,3-7,12-13H2,1-2H3. The molecule has 0 saturated heterocycles. The lowest BCUT2D eigenvalue weighted by Gasteiger charge is -2.23. The number of aromatic nitrogens is 1. The number of halogens is 1. The van der Waals surface area contributed by atoms with E-state index >= 15 is 0 Å². The smallest absolute Gasteiger partial charge is 0.231 e. The molecule has 1 aliphatic rings. The van der Waals surface area contributed by atoms with Gasteiger partial charge in [0.25, 0.3) is 0 Å². The summed E-state index contributed by atoms with van der Waals surface area (Å²) in [5, 5.41) is 2.70. The number of hydrogen-bond donors (Lipinski definition) is 0. The van der Waals surface area contributed by atoms with Gasteiger partial charge in [-0.3, -0.25) is 9.69 Å². The third-order valence-electron chi connectivity index (χ3n) is 4.81. The molecule has 1 aliphatic carbocycles. The zero-order valence-corrected chi connectivity index (χ0v) is 16.3. The molecule has 0 aliphatic heterocycles. The van der Waals surface area contributed by atoms with Crippen LogP contribution in [0.3, 0.4) is 0 Å². The van der Waals surface area contributed by atoms with Crippen molar-refractivity contribution in [1.82, 2.24) is 9.88 Å². The van der Waals surface area contributed by atoms with Gasteiger partial charge in [-0.05, 0) is 63.2 Å². The molecular formula is C20H26FN3OS. The van der Waals surface area contributed by atoms with Crippen molar-refractivity contribution in [2.75, 3.05) is 31.1 Å². The van der Waals surface area contributed by atoms with E-state index in [4.69, 9.17) is 0 Å². The van der Waals surface area contributed by atoms with Crippen LogP contribution >= 0.6 is 11.3 Å². The number of carbonyl (C=O) groups is 1. The number of benzene rings is 1. The predicted molar refractivity (Wildman–Crippen MR) is 105 cm³/mol. The Morgan fingerprint density at radius 2 is 1.88 bits per heavy atom. The molecule has 0 unspecified atom stereocenters. The summed E-state index contributed by atoms with van der Waals surface area (Å²) in [4.78, 5) is 21.6. The van der Waals surface area contributed by atoms with Gasteiger partial charge >= 0.3 is 0 Å². The maximum Gasteiger partial charge on any atom is 0.231 e. The quantitative estimate of drug-likeness (QED) is 0.651. The van der Waals surface area contributed by atoms with Gasteiger partial charge in [-0.2, -0.15) is 0 Å². The molecule has 0 N–H and O–H groups in total. The van der Waals surface area contributed by atoms with Crippen LogP contribution in [0.2, 0.25) is 0 Å². The summed E-state index contributed by atoms with van der Waals surface area (Å²) in [5.74, 6) is 0.109. The molecule has 26 heavy (non-hydrogen) atoms. The lowest BCUT2D eigenvalue weighted by molar-refractivity contribution is -0.119. The summed E-state index contributed by atoms with van der Waals surface area (Å²) in [6.07, 6.45) is 2.91. The van der Waals surface area contributed by atoms with Gasteiger partial charge in [0.1, 0.15) is 5.82 Å². The molecule has 1 heterocycles. The number of hydrogen-bond acceptors (Lipinski definition) is 4. The second-order valence-corrected chi connectivity index (χ2v) is 7.50. The molecule has 0 atom stereocenters. The second-order valence-electron chi connectivity index (χ2n) is 6.67. The lowest BCUT2D eigenvalue weighted by atomic mass is 10.2. The molecule has 1 amide bonds. The van der Waals surface area contributed by atoms with Crippen LogP contribution in [-0.4, -0.2) is 42.0 Å². The average Bonchev–Trinajstić information content (AvgIpc) is 3.40. The first kappa shape index (κ1) is 19.0. The van der Waals surface area contributed by atoms with E-state index in [2.05, 4.69) is 23.7 Å². The van der Waals surface area contributed by atoms with Gasteiger partial charge in [-0.25, -0.2) is 9.37 Å². The minimum atomic E-state index is -0.258. The number of anilines is 1. The van der Waals surface area contributed by atoms with Crippen LogP contribution in [0.25, 0.3) is 11.3 Å². The van der Waals surface area contributed by atoms with E-state index in [0.29, 0.717) is 6.54 Å². The third kappa shape index (κ3) is 4.68. The van der Waals surface area contributed by atoms with Crippen LogP contribution in [0.15, 0.2) is 29.6 Å². The number of nitrogens with zero attached hydrogens (tertiary/aromatic N) is 3. The zero-order chi connectivity index (χ0) is 18.5. The molecule has 0 radical (unpaired) electrons. The van der Waals surface area contributed by atoms with Crippen LogP contribution in [0.5, 0.6) is 0 Å². The first-order chi connectivity index (χ1) is 12.6. The highest BCUT2D eigenvalue weighted by atomic mass is 32.1. The molecular weight excluding hydrogens is 349 g/mol. The number of carbonyl (C=O) groups excluding carboxylic acids is 1. The van der Waals surface area contributed by atoms with Crippen molar-refractivity contribution in [1.29, 1.82) is 0 Å². The van der Waals surface area contributed by atoms with Gasteiger partial charge in [0.2, 0.25) is 5.91 Å². The fourth-order valence-electron chi connectivity index (χ4n) is 2.98. The molecule has 1 aromatic carbocycles. The molecule has 0 spiro atoms. The maximum absolute atomic E-state index is 13.1. The Balaban J connectivity index is 1.72. The Labute approximate surface area is 158 Å². The largest absolute Gasteiger partial charge is 0.304 e. The minimum absolute atomic E-state index is 0.168. The van der Waals surface area contributed by atoms with E-state index < -0.39 is 0 Å². The summed E-state index contributed by atoms with van der Waals surface area (Å²) in [5.41, 5.74) is 1.67.